The van der Waals surface area contributed by atoms with Crippen molar-refractivity contribution in [3.63, 3.8) is 0 Å². The van der Waals surface area contributed by atoms with E-state index in [-0.39, 0.29) is 11.7 Å². The van der Waals surface area contributed by atoms with Crippen molar-refractivity contribution >= 4 is 0 Å². The fourth-order valence-electron chi connectivity index (χ4n) is 2.56. The highest BCUT2D eigenvalue weighted by atomic mass is 16.6. The first-order chi connectivity index (χ1) is 7.85. The van der Waals surface area contributed by atoms with Gasteiger partial charge in [0.1, 0.15) is 0 Å². The standard InChI is InChI=1S/C13H21NO2/c1-2-3-4-9-15-12-10-13(16-11-12)5-7-14-8-6-13/h1,12,14H,3-11H2. The number of hydrogen-bond donors (Lipinski definition) is 1. The van der Waals surface area contributed by atoms with Crippen LogP contribution in [0.2, 0.25) is 0 Å². The number of unbranched alkanes of at least 4 members (excludes halogenated alkanes) is 1. The van der Waals surface area contributed by atoms with Crippen molar-refractivity contribution in [1.29, 1.82) is 0 Å². The Kier molecular flexibility index (Phi) is 4.22. The summed E-state index contributed by atoms with van der Waals surface area (Å²) in [7, 11) is 0. The van der Waals surface area contributed by atoms with Crippen LogP contribution in [0.25, 0.3) is 0 Å². The molecule has 90 valence electrons. The predicted octanol–water partition coefficient (Wildman–Crippen LogP) is 1.33. The first-order valence-corrected chi connectivity index (χ1v) is 6.24. The molecule has 0 aromatic heterocycles. The molecule has 2 rings (SSSR count). The molecule has 2 fully saturated rings. The minimum absolute atomic E-state index is 0.113. The van der Waals surface area contributed by atoms with Crippen LogP contribution in [0.3, 0.4) is 0 Å². The first-order valence-electron chi connectivity index (χ1n) is 6.24. The topological polar surface area (TPSA) is 30.5 Å². The van der Waals surface area contributed by atoms with E-state index >= 15 is 0 Å². The molecular formula is C13H21NO2. The van der Waals surface area contributed by atoms with Gasteiger partial charge in [-0.1, -0.05) is 0 Å². The van der Waals surface area contributed by atoms with E-state index < -0.39 is 0 Å². The third kappa shape index (κ3) is 2.98. The van der Waals surface area contributed by atoms with Crippen LogP contribution in [0, 0.1) is 12.3 Å². The third-order valence-electron chi connectivity index (χ3n) is 3.51. The van der Waals surface area contributed by atoms with Gasteiger partial charge in [0.15, 0.2) is 0 Å². The lowest BCUT2D eigenvalue weighted by Gasteiger charge is -2.32. The number of hydrogen-bond acceptors (Lipinski definition) is 3. The second kappa shape index (κ2) is 5.67. The summed E-state index contributed by atoms with van der Waals surface area (Å²) >= 11 is 0. The molecule has 0 amide bonds. The maximum absolute atomic E-state index is 5.95. The minimum atomic E-state index is 0.113. The maximum atomic E-state index is 5.95. The van der Waals surface area contributed by atoms with E-state index in [1.165, 1.54) is 0 Å². The molecule has 16 heavy (non-hydrogen) atoms. The third-order valence-corrected chi connectivity index (χ3v) is 3.51. The molecule has 0 aromatic carbocycles. The average Bonchev–Trinajstić information content (AvgIpc) is 2.69. The Labute approximate surface area is 97.9 Å². The molecule has 1 spiro atoms. The van der Waals surface area contributed by atoms with Crippen LogP contribution in [-0.4, -0.2) is 38.0 Å². The molecule has 1 atom stereocenters. The van der Waals surface area contributed by atoms with Gasteiger partial charge in [0.05, 0.1) is 18.3 Å². The zero-order valence-electron chi connectivity index (χ0n) is 9.84. The van der Waals surface area contributed by atoms with Gasteiger partial charge in [0.2, 0.25) is 0 Å². The number of terminal acetylenes is 1. The largest absolute Gasteiger partial charge is 0.376 e. The van der Waals surface area contributed by atoms with Crippen LogP contribution < -0.4 is 5.32 Å². The zero-order valence-corrected chi connectivity index (χ0v) is 9.84. The second-order valence-electron chi connectivity index (χ2n) is 4.75. The Balaban J connectivity index is 1.69. The van der Waals surface area contributed by atoms with E-state index in [4.69, 9.17) is 15.9 Å². The molecule has 3 nitrogen and oxygen atoms in total. The number of rotatable bonds is 4. The highest BCUT2D eigenvalue weighted by Crippen LogP contribution is 2.35. The Morgan fingerprint density at radius 2 is 2.25 bits per heavy atom. The lowest BCUT2D eigenvalue weighted by molar-refractivity contribution is -0.0233. The highest BCUT2D eigenvalue weighted by molar-refractivity contribution is 4.93. The molecule has 2 heterocycles. The van der Waals surface area contributed by atoms with Crippen molar-refractivity contribution in [3.05, 3.63) is 0 Å². The lowest BCUT2D eigenvalue weighted by Crippen LogP contribution is -2.41. The molecular weight excluding hydrogens is 202 g/mol. The summed E-state index contributed by atoms with van der Waals surface area (Å²) in [6, 6.07) is 0. The van der Waals surface area contributed by atoms with Gasteiger partial charge in [-0.15, -0.1) is 12.3 Å². The summed E-state index contributed by atoms with van der Waals surface area (Å²) in [5.74, 6) is 2.63. The monoisotopic (exact) mass is 223 g/mol. The smallest absolute Gasteiger partial charge is 0.0836 e. The normalized spacial score (nSPS) is 28.1. The van der Waals surface area contributed by atoms with E-state index in [0.29, 0.717) is 0 Å². The highest BCUT2D eigenvalue weighted by Gasteiger charge is 2.41. The number of piperidine rings is 1. The summed E-state index contributed by atoms with van der Waals surface area (Å²) < 4.78 is 11.7. The van der Waals surface area contributed by atoms with E-state index in [9.17, 15) is 0 Å². The molecule has 1 unspecified atom stereocenters. The molecule has 0 radical (unpaired) electrons. The van der Waals surface area contributed by atoms with Crippen LogP contribution >= 0.6 is 0 Å². The first kappa shape index (κ1) is 11.9. The number of ether oxygens (including phenoxy) is 2. The summed E-state index contributed by atoms with van der Waals surface area (Å²) in [5, 5.41) is 3.37. The van der Waals surface area contributed by atoms with Crippen molar-refractivity contribution in [3.8, 4) is 12.3 Å². The van der Waals surface area contributed by atoms with Gasteiger partial charge in [0.25, 0.3) is 0 Å². The SMILES string of the molecule is C#CCCCOC1COC2(CCNCC2)C1. The maximum Gasteiger partial charge on any atom is 0.0836 e. The molecule has 0 aliphatic carbocycles. The molecule has 0 saturated carbocycles. The van der Waals surface area contributed by atoms with E-state index in [1.807, 2.05) is 0 Å². The molecule has 3 heteroatoms. The van der Waals surface area contributed by atoms with Crippen LogP contribution in [0.4, 0.5) is 0 Å². The van der Waals surface area contributed by atoms with Gasteiger partial charge in [-0.05, 0) is 32.4 Å². The predicted molar refractivity (Wildman–Crippen MR) is 63.2 cm³/mol. The van der Waals surface area contributed by atoms with Crippen LogP contribution in [0.5, 0.6) is 0 Å². The molecule has 1 N–H and O–H groups in total. The lowest BCUT2D eigenvalue weighted by atomic mass is 9.89. The molecule has 0 aromatic rings. The average molecular weight is 223 g/mol. The fraction of sp³-hybridized carbons (Fsp3) is 0.846. The van der Waals surface area contributed by atoms with Crippen LogP contribution in [0.1, 0.15) is 32.1 Å². The van der Waals surface area contributed by atoms with E-state index in [2.05, 4.69) is 11.2 Å². The van der Waals surface area contributed by atoms with Gasteiger partial charge in [-0.2, -0.15) is 0 Å². The van der Waals surface area contributed by atoms with Crippen molar-refractivity contribution in [2.45, 2.75) is 43.8 Å². The van der Waals surface area contributed by atoms with E-state index in [0.717, 1.165) is 58.4 Å². The molecule has 0 bridgehead atoms. The molecule has 2 aliphatic rings. The zero-order chi connectivity index (χ0) is 11.3. The van der Waals surface area contributed by atoms with Crippen molar-refractivity contribution in [2.24, 2.45) is 0 Å². The van der Waals surface area contributed by atoms with Crippen molar-refractivity contribution in [1.82, 2.24) is 5.32 Å². The van der Waals surface area contributed by atoms with Gasteiger partial charge < -0.3 is 14.8 Å². The number of nitrogens with one attached hydrogen (secondary N) is 1. The summed E-state index contributed by atoms with van der Waals surface area (Å²) in [6.07, 6.45) is 10.6. The minimum Gasteiger partial charge on any atom is -0.376 e. The Morgan fingerprint density at radius 1 is 1.44 bits per heavy atom. The molecule has 2 saturated heterocycles. The quantitative estimate of drug-likeness (QED) is 0.576. The van der Waals surface area contributed by atoms with Crippen LogP contribution in [-0.2, 0) is 9.47 Å². The van der Waals surface area contributed by atoms with Gasteiger partial charge in [-0.25, -0.2) is 0 Å². The fourth-order valence-corrected chi connectivity index (χ4v) is 2.56. The van der Waals surface area contributed by atoms with Crippen LogP contribution in [0.15, 0.2) is 0 Å². The van der Waals surface area contributed by atoms with Gasteiger partial charge >= 0.3 is 0 Å². The Morgan fingerprint density at radius 3 is 3.00 bits per heavy atom. The van der Waals surface area contributed by atoms with Gasteiger partial charge in [0, 0.05) is 19.4 Å². The van der Waals surface area contributed by atoms with Gasteiger partial charge in [-0.3, -0.25) is 0 Å². The summed E-state index contributed by atoms with van der Waals surface area (Å²) in [5.41, 5.74) is 0.113. The van der Waals surface area contributed by atoms with Crippen molar-refractivity contribution < 1.29 is 9.47 Å². The Bertz CT molecular complexity index is 253. The summed E-state index contributed by atoms with van der Waals surface area (Å²) in [4.78, 5) is 0. The Hall–Kier alpha value is -0.560. The summed E-state index contributed by atoms with van der Waals surface area (Å²) in [6.45, 7) is 3.68. The molecule has 2 aliphatic heterocycles. The second-order valence-corrected chi connectivity index (χ2v) is 4.75. The van der Waals surface area contributed by atoms with Crippen molar-refractivity contribution in [2.75, 3.05) is 26.3 Å². The van der Waals surface area contributed by atoms with E-state index in [1.54, 1.807) is 0 Å².